The summed E-state index contributed by atoms with van der Waals surface area (Å²) in [4.78, 5) is 12.8. The zero-order chi connectivity index (χ0) is 19.6. The lowest BCUT2D eigenvalue weighted by molar-refractivity contribution is -0.118. The lowest BCUT2D eigenvalue weighted by Crippen LogP contribution is -2.38. The third kappa shape index (κ3) is 4.30. The molecule has 5 heteroatoms. The molecule has 0 bridgehead atoms. The van der Waals surface area contributed by atoms with Crippen molar-refractivity contribution in [1.82, 2.24) is 5.32 Å². The van der Waals surface area contributed by atoms with Crippen molar-refractivity contribution in [3.8, 4) is 5.75 Å². The van der Waals surface area contributed by atoms with E-state index < -0.39 is 6.04 Å². The van der Waals surface area contributed by atoms with Crippen molar-refractivity contribution in [3.05, 3.63) is 58.9 Å². The van der Waals surface area contributed by atoms with Gasteiger partial charge in [-0.05, 0) is 59.7 Å². The standard InChI is InChI=1S/C22H27FN2O2/c1-5-27-16-7-8-17-14(12-16)10-11-24-20(17)21(26)25-15-6-9-18(19(23)13-15)22(2,3)4/h6-9,12-13,20,24H,5,10-11H2,1-4H3,(H,25,26). The smallest absolute Gasteiger partial charge is 0.246 e. The number of carbonyl (C=O) groups is 1. The van der Waals surface area contributed by atoms with Crippen LogP contribution in [0.4, 0.5) is 10.1 Å². The summed E-state index contributed by atoms with van der Waals surface area (Å²) >= 11 is 0. The summed E-state index contributed by atoms with van der Waals surface area (Å²) in [6, 6.07) is 10.2. The minimum atomic E-state index is -0.463. The second-order valence-electron chi connectivity index (χ2n) is 7.86. The molecule has 3 rings (SSSR count). The Hall–Kier alpha value is -2.40. The Morgan fingerprint density at radius 1 is 1.26 bits per heavy atom. The topological polar surface area (TPSA) is 50.4 Å². The number of fused-ring (bicyclic) bond motifs is 1. The first-order chi connectivity index (χ1) is 12.8. The van der Waals surface area contributed by atoms with E-state index in [0.29, 0.717) is 24.4 Å². The van der Waals surface area contributed by atoms with Crippen molar-refractivity contribution in [1.29, 1.82) is 0 Å². The molecule has 27 heavy (non-hydrogen) atoms. The van der Waals surface area contributed by atoms with Gasteiger partial charge in [0.2, 0.25) is 5.91 Å². The van der Waals surface area contributed by atoms with E-state index in [4.69, 9.17) is 4.74 Å². The van der Waals surface area contributed by atoms with Crippen LogP contribution in [0, 0.1) is 5.82 Å². The lowest BCUT2D eigenvalue weighted by Gasteiger charge is -2.27. The molecule has 1 aliphatic heterocycles. The molecular formula is C22H27FN2O2. The Kier molecular flexibility index (Phi) is 5.51. The zero-order valence-corrected chi connectivity index (χ0v) is 16.4. The molecule has 2 aromatic carbocycles. The van der Waals surface area contributed by atoms with E-state index in [1.54, 1.807) is 12.1 Å². The molecule has 0 saturated heterocycles. The van der Waals surface area contributed by atoms with E-state index in [0.717, 1.165) is 23.3 Å². The van der Waals surface area contributed by atoms with Crippen LogP contribution in [0.15, 0.2) is 36.4 Å². The predicted octanol–water partition coefficient (Wildman–Crippen LogP) is 4.35. The predicted molar refractivity (Wildman–Crippen MR) is 106 cm³/mol. The van der Waals surface area contributed by atoms with E-state index >= 15 is 0 Å². The van der Waals surface area contributed by atoms with Crippen LogP contribution in [-0.2, 0) is 16.6 Å². The van der Waals surface area contributed by atoms with E-state index in [2.05, 4.69) is 10.6 Å². The fourth-order valence-corrected chi connectivity index (χ4v) is 3.45. The van der Waals surface area contributed by atoms with Gasteiger partial charge in [-0.2, -0.15) is 0 Å². The number of nitrogens with one attached hydrogen (secondary N) is 2. The molecule has 144 valence electrons. The fraction of sp³-hybridized carbons (Fsp3) is 0.409. The summed E-state index contributed by atoms with van der Waals surface area (Å²) in [5.74, 6) is 0.318. The van der Waals surface area contributed by atoms with Crippen LogP contribution in [0.5, 0.6) is 5.75 Å². The number of ether oxygens (including phenoxy) is 1. The van der Waals surface area contributed by atoms with Crippen LogP contribution in [0.1, 0.15) is 50.4 Å². The average Bonchev–Trinajstić information content (AvgIpc) is 2.60. The lowest BCUT2D eigenvalue weighted by atomic mass is 9.86. The van der Waals surface area contributed by atoms with Crippen LogP contribution in [0.25, 0.3) is 0 Å². The summed E-state index contributed by atoms with van der Waals surface area (Å²) in [6.45, 7) is 9.14. The minimum absolute atomic E-state index is 0.192. The molecule has 0 saturated carbocycles. The number of anilines is 1. The monoisotopic (exact) mass is 370 g/mol. The van der Waals surface area contributed by atoms with Gasteiger partial charge in [-0.1, -0.05) is 32.9 Å². The van der Waals surface area contributed by atoms with E-state index in [1.165, 1.54) is 6.07 Å². The molecule has 0 fully saturated rings. The van der Waals surface area contributed by atoms with Gasteiger partial charge >= 0.3 is 0 Å². The van der Waals surface area contributed by atoms with E-state index in [1.807, 2.05) is 45.9 Å². The maximum Gasteiger partial charge on any atom is 0.246 e. The van der Waals surface area contributed by atoms with Gasteiger partial charge in [0, 0.05) is 12.2 Å². The highest BCUT2D eigenvalue weighted by Crippen LogP contribution is 2.29. The summed E-state index contributed by atoms with van der Waals surface area (Å²) in [5.41, 5.74) is 2.85. The van der Waals surface area contributed by atoms with Crippen LogP contribution < -0.4 is 15.4 Å². The Morgan fingerprint density at radius 2 is 2.04 bits per heavy atom. The average molecular weight is 370 g/mol. The largest absolute Gasteiger partial charge is 0.494 e. The van der Waals surface area contributed by atoms with Crippen molar-refractivity contribution < 1.29 is 13.9 Å². The molecule has 2 N–H and O–H groups in total. The number of hydrogen-bond donors (Lipinski definition) is 2. The minimum Gasteiger partial charge on any atom is -0.494 e. The summed E-state index contributed by atoms with van der Waals surface area (Å²) in [7, 11) is 0. The first kappa shape index (κ1) is 19.4. The Labute approximate surface area is 160 Å². The SMILES string of the molecule is CCOc1ccc2c(c1)CCNC2C(=O)Nc1ccc(C(C)(C)C)c(F)c1. The highest BCUT2D eigenvalue weighted by Gasteiger charge is 2.27. The van der Waals surface area contributed by atoms with Crippen molar-refractivity contribution in [3.63, 3.8) is 0 Å². The number of halogens is 1. The van der Waals surface area contributed by atoms with Crippen molar-refractivity contribution in [2.75, 3.05) is 18.5 Å². The van der Waals surface area contributed by atoms with Gasteiger partial charge in [0.25, 0.3) is 0 Å². The molecule has 0 aromatic heterocycles. The molecule has 1 unspecified atom stereocenters. The van der Waals surface area contributed by atoms with Crippen LogP contribution in [0.2, 0.25) is 0 Å². The van der Waals surface area contributed by atoms with Crippen LogP contribution in [-0.4, -0.2) is 19.1 Å². The molecule has 0 radical (unpaired) electrons. The van der Waals surface area contributed by atoms with E-state index in [9.17, 15) is 9.18 Å². The number of hydrogen-bond acceptors (Lipinski definition) is 3. The van der Waals surface area contributed by atoms with Gasteiger partial charge in [0.1, 0.15) is 17.6 Å². The summed E-state index contributed by atoms with van der Waals surface area (Å²) in [6.07, 6.45) is 0.842. The van der Waals surface area contributed by atoms with Gasteiger partial charge < -0.3 is 15.4 Å². The molecule has 1 aliphatic rings. The Bertz CT molecular complexity index is 843. The first-order valence-corrected chi connectivity index (χ1v) is 9.39. The molecule has 2 aromatic rings. The quantitative estimate of drug-likeness (QED) is 0.841. The van der Waals surface area contributed by atoms with Gasteiger partial charge in [-0.15, -0.1) is 0 Å². The maximum absolute atomic E-state index is 14.4. The second kappa shape index (κ2) is 7.69. The van der Waals surface area contributed by atoms with Gasteiger partial charge in [-0.25, -0.2) is 4.39 Å². The maximum atomic E-state index is 14.4. The molecule has 1 amide bonds. The molecular weight excluding hydrogens is 343 g/mol. The third-order valence-corrected chi connectivity index (χ3v) is 4.79. The number of rotatable bonds is 4. The summed E-state index contributed by atoms with van der Waals surface area (Å²) < 4.78 is 20.0. The van der Waals surface area contributed by atoms with Gasteiger partial charge in [0.15, 0.2) is 0 Å². The third-order valence-electron chi connectivity index (χ3n) is 4.79. The zero-order valence-electron chi connectivity index (χ0n) is 16.4. The summed E-state index contributed by atoms with van der Waals surface area (Å²) in [5, 5.41) is 6.09. The van der Waals surface area contributed by atoms with Crippen LogP contribution in [0.3, 0.4) is 0 Å². The van der Waals surface area contributed by atoms with Crippen molar-refractivity contribution in [2.24, 2.45) is 0 Å². The number of carbonyl (C=O) groups excluding carboxylic acids is 1. The van der Waals surface area contributed by atoms with Crippen molar-refractivity contribution in [2.45, 2.75) is 45.6 Å². The second-order valence-corrected chi connectivity index (χ2v) is 7.86. The van der Waals surface area contributed by atoms with E-state index in [-0.39, 0.29) is 17.1 Å². The van der Waals surface area contributed by atoms with Gasteiger partial charge in [-0.3, -0.25) is 4.79 Å². The molecule has 1 atom stereocenters. The normalized spacial score (nSPS) is 16.6. The van der Waals surface area contributed by atoms with Crippen LogP contribution >= 0.6 is 0 Å². The highest BCUT2D eigenvalue weighted by atomic mass is 19.1. The highest BCUT2D eigenvalue weighted by molar-refractivity contribution is 5.96. The molecule has 0 spiro atoms. The Morgan fingerprint density at radius 3 is 2.70 bits per heavy atom. The first-order valence-electron chi connectivity index (χ1n) is 9.39. The fourth-order valence-electron chi connectivity index (χ4n) is 3.45. The Balaban J connectivity index is 1.79. The molecule has 0 aliphatic carbocycles. The molecule has 1 heterocycles. The number of amides is 1. The van der Waals surface area contributed by atoms with Gasteiger partial charge in [0.05, 0.1) is 6.61 Å². The number of benzene rings is 2. The molecule has 4 nitrogen and oxygen atoms in total. The van der Waals surface area contributed by atoms with Crippen molar-refractivity contribution >= 4 is 11.6 Å².